The number of ether oxygens (including phenoxy) is 1. The average Bonchev–Trinajstić information content (AvgIpc) is 3.04. The van der Waals surface area contributed by atoms with E-state index in [1.54, 1.807) is 24.5 Å². The molecule has 3 rings (SSSR count). The van der Waals surface area contributed by atoms with Crippen molar-refractivity contribution < 1.29 is 14.3 Å². The fraction of sp³-hybridized carbons (Fsp3) is 0.562. The van der Waals surface area contributed by atoms with Gasteiger partial charge in [0.25, 0.3) is 5.91 Å². The van der Waals surface area contributed by atoms with Crippen LogP contribution in [-0.2, 0) is 9.53 Å². The Balaban J connectivity index is 1.51. The Hall–Kier alpha value is -1.95. The normalized spacial score (nSPS) is 21.9. The molecule has 2 saturated heterocycles. The van der Waals surface area contributed by atoms with Gasteiger partial charge in [0, 0.05) is 45.0 Å². The van der Waals surface area contributed by atoms with Crippen molar-refractivity contribution in [1.82, 2.24) is 14.8 Å². The van der Waals surface area contributed by atoms with Crippen LogP contribution in [0.5, 0.6) is 0 Å². The molecule has 0 saturated carbocycles. The summed E-state index contributed by atoms with van der Waals surface area (Å²) in [5, 5.41) is 0. The standard InChI is InChI=1S/C16H21N3O3/c20-15(18-6-8-22-9-7-18)10-13-3-5-19(12-13)16(21)14-2-1-4-17-11-14/h1-2,4,11,13H,3,5-10,12H2. The van der Waals surface area contributed by atoms with Gasteiger partial charge in [-0.15, -0.1) is 0 Å². The van der Waals surface area contributed by atoms with Gasteiger partial charge < -0.3 is 14.5 Å². The third-order valence-corrected chi connectivity index (χ3v) is 4.31. The molecule has 2 amide bonds. The second-order valence-electron chi connectivity index (χ2n) is 5.84. The van der Waals surface area contributed by atoms with Gasteiger partial charge in [0.05, 0.1) is 18.8 Å². The molecule has 6 nitrogen and oxygen atoms in total. The molecule has 1 unspecified atom stereocenters. The molecule has 1 aromatic heterocycles. The van der Waals surface area contributed by atoms with E-state index < -0.39 is 0 Å². The number of carbonyl (C=O) groups excluding carboxylic acids is 2. The maximum Gasteiger partial charge on any atom is 0.255 e. The Bertz CT molecular complexity index is 529. The Labute approximate surface area is 130 Å². The van der Waals surface area contributed by atoms with Crippen molar-refractivity contribution in [2.24, 2.45) is 5.92 Å². The van der Waals surface area contributed by atoms with Gasteiger partial charge in [-0.25, -0.2) is 0 Å². The van der Waals surface area contributed by atoms with Gasteiger partial charge in [0.2, 0.25) is 5.91 Å². The van der Waals surface area contributed by atoms with Crippen LogP contribution in [0.2, 0.25) is 0 Å². The van der Waals surface area contributed by atoms with Gasteiger partial charge in [-0.3, -0.25) is 14.6 Å². The fourth-order valence-corrected chi connectivity index (χ4v) is 3.04. The molecule has 1 atom stereocenters. The van der Waals surface area contributed by atoms with Crippen molar-refractivity contribution in [2.45, 2.75) is 12.8 Å². The lowest BCUT2D eigenvalue weighted by Crippen LogP contribution is -2.41. The smallest absolute Gasteiger partial charge is 0.255 e. The van der Waals surface area contributed by atoms with E-state index in [1.165, 1.54) is 0 Å². The maximum atomic E-state index is 12.4. The van der Waals surface area contributed by atoms with Crippen LogP contribution < -0.4 is 0 Å². The predicted molar refractivity (Wildman–Crippen MR) is 80.3 cm³/mol. The average molecular weight is 303 g/mol. The van der Waals surface area contributed by atoms with Crippen LogP contribution in [-0.4, -0.2) is 66.0 Å². The zero-order valence-corrected chi connectivity index (χ0v) is 12.6. The van der Waals surface area contributed by atoms with Crippen molar-refractivity contribution >= 4 is 11.8 Å². The van der Waals surface area contributed by atoms with E-state index in [9.17, 15) is 9.59 Å². The predicted octanol–water partition coefficient (Wildman–Crippen LogP) is 0.793. The summed E-state index contributed by atoms with van der Waals surface area (Å²) in [6, 6.07) is 3.55. The van der Waals surface area contributed by atoms with Gasteiger partial charge >= 0.3 is 0 Å². The van der Waals surface area contributed by atoms with Crippen molar-refractivity contribution in [1.29, 1.82) is 0 Å². The quantitative estimate of drug-likeness (QED) is 0.828. The molecule has 0 N–H and O–H groups in total. The summed E-state index contributed by atoms with van der Waals surface area (Å²) in [5.41, 5.74) is 0.614. The van der Waals surface area contributed by atoms with Crippen LogP contribution in [0, 0.1) is 5.92 Å². The number of morpholine rings is 1. The number of amides is 2. The molecular weight excluding hydrogens is 282 g/mol. The van der Waals surface area contributed by atoms with Crippen LogP contribution in [0.15, 0.2) is 24.5 Å². The molecule has 6 heteroatoms. The molecule has 0 bridgehead atoms. The highest BCUT2D eigenvalue weighted by atomic mass is 16.5. The number of hydrogen-bond acceptors (Lipinski definition) is 4. The van der Waals surface area contributed by atoms with Crippen LogP contribution in [0.4, 0.5) is 0 Å². The van der Waals surface area contributed by atoms with E-state index in [1.807, 2.05) is 9.80 Å². The van der Waals surface area contributed by atoms with Crippen molar-refractivity contribution in [3.63, 3.8) is 0 Å². The second-order valence-corrected chi connectivity index (χ2v) is 5.84. The van der Waals surface area contributed by atoms with Crippen LogP contribution in [0.25, 0.3) is 0 Å². The zero-order valence-electron chi connectivity index (χ0n) is 12.6. The Morgan fingerprint density at radius 3 is 2.77 bits per heavy atom. The minimum absolute atomic E-state index is 0.00872. The molecule has 22 heavy (non-hydrogen) atoms. The molecule has 3 heterocycles. The van der Waals surface area contributed by atoms with E-state index in [4.69, 9.17) is 4.74 Å². The third-order valence-electron chi connectivity index (χ3n) is 4.31. The summed E-state index contributed by atoms with van der Waals surface area (Å²) in [6.45, 7) is 4.00. The highest BCUT2D eigenvalue weighted by molar-refractivity contribution is 5.94. The molecule has 2 aliphatic heterocycles. The molecule has 2 fully saturated rings. The summed E-state index contributed by atoms with van der Waals surface area (Å²) >= 11 is 0. The van der Waals surface area contributed by atoms with E-state index in [2.05, 4.69) is 4.98 Å². The summed E-state index contributed by atoms with van der Waals surface area (Å²) in [6.07, 6.45) is 4.66. The first kappa shape index (κ1) is 15.0. The van der Waals surface area contributed by atoms with Crippen molar-refractivity contribution in [2.75, 3.05) is 39.4 Å². The Kier molecular flexibility index (Phi) is 4.68. The lowest BCUT2D eigenvalue weighted by Gasteiger charge is -2.27. The molecular formula is C16H21N3O3. The first-order chi connectivity index (χ1) is 10.7. The van der Waals surface area contributed by atoms with Gasteiger partial charge in [0.15, 0.2) is 0 Å². The Morgan fingerprint density at radius 2 is 2.05 bits per heavy atom. The van der Waals surface area contributed by atoms with E-state index in [0.29, 0.717) is 44.8 Å². The molecule has 0 spiro atoms. The van der Waals surface area contributed by atoms with Gasteiger partial charge in [-0.1, -0.05) is 0 Å². The second kappa shape index (κ2) is 6.87. The molecule has 0 aliphatic carbocycles. The fourth-order valence-electron chi connectivity index (χ4n) is 3.04. The highest BCUT2D eigenvalue weighted by Gasteiger charge is 2.30. The van der Waals surface area contributed by atoms with Gasteiger partial charge in [0.1, 0.15) is 0 Å². The van der Waals surface area contributed by atoms with Crippen molar-refractivity contribution in [3.8, 4) is 0 Å². The van der Waals surface area contributed by atoms with Crippen LogP contribution in [0.1, 0.15) is 23.2 Å². The first-order valence-corrected chi connectivity index (χ1v) is 7.79. The lowest BCUT2D eigenvalue weighted by atomic mass is 10.0. The summed E-state index contributed by atoms with van der Waals surface area (Å²) in [5.74, 6) is 0.453. The molecule has 1 aromatic rings. The summed E-state index contributed by atoms with van der Waals surface area (Å²) in [7, 11) is 0. The Morgan fingerprint density at radius 1 is 1.23 bits per heavy atom. The van der Waals surface area contributed by atoms with E-state index >= 15 is 0 Å². The largest absolute Gasteiger partial charge is 0.378 e. The van der Waals surface area contributed by atoms with Crippen LogP contribution >= 0.6 is 0 Å². The number of likely N-dealkylation sites (tertiary alicyclic amines) is 1. The summed E-state index contributed by atoms with van der Waals surface area (Å²) < 4.78 is 5.26. The monoisotopic (exact) mass is 303 g/mol. The van der Waals surface area contributed by atoms with E-state index in [0.717, 1.165) is 13.0 Å². The highest BCUT2D eigenvalue weighted by Crippen LogP contribution is 2.22. The zero-order chi connectivity index (χ0) is 15.4. The number of aromatic nitrogens is 1. The van der Waals surface area contributed by atoms with Gasteiger partial charge in [-0.2, -0.15) is 0 Å². The van der Waals surface area contributed by atoms with Gasteiger partial charge in [-0.05, 0) is 24.5 Å². The molecule has 0 radical (unpaired) electrons. The molecule has 2 aliphatic rings. The summed E-state index contributed by atoms with van der Waals surface area (Å²) in [4.78, 5) is 32.3. The molecule has 118 valence electrons. The molecule has 0 aromatic carbocycles. The number of rotatable bonds is 3. The number of pyridine rings is 1. The lowest BCUT2D eigenvalue weighted by molar-refractivity contribution is -0.136. The maximum absolute atomic E-state index is 12.4. The minimum atomic E-state index is 0.00872. The number of nitrogens with zero attached hydrogens (tertiary/aromatic N) is 3. The SMILES string of the molecule is O=C(CC1CCN(C(=O)c2cccnc2)C1)N1CCOCC1. The number of hydrogen-bond donors (Lipinski definition) is 0. The van der Waals surface area contributed by atoms with Crippen molar-refractivity contribution in [3.05, 3.63) is 30.1 Å². The first-order valence-electron chi connectivity index (χ1n) is 7.79. The van der Waals surface area contributed by atoms with E-state index in [-0.39, 0.29) is 17.7 Å². The third kappa shape index (κ3) is 3.44. The topological polar surface area (TPSA) is 62.7 Å². The number of carbonyl (C=O) groups is 2. The minimum Gasteiger partial charge on any atom is -0.378 e. The van der Waals surface area contributed by atoms with Crippen LogP contribution in [0.3, 0.4) is 0 Å².